The molecular formula is C9H16N4. The molecule has 0 bridgehead atoms. The predicted molar refractivity (Wildman–Crippen MR) is 53.1 cm³/mol. The molecule has 1 heterocycles. The first-order valence-corrected chi connectivity index (χ1v) is 4.35. The molecule has 0 aliphatic carbocycles. The molecule has 4 nitrogen and oxygen atoms in total. The highest BCUT2D eigenvalue weighted by Gasteiger charge is 2.13. The molecule has 0 saturated carbocycles. The summed E-state index contributed by atoms with van der Waals surface area (Å²) in [5.74, 6) is 0.0417. The highest BCUT2D eigenvalue weighted by atomic mass is 15.3. The van der Waals surface area contributed by atoms with Gasteiger partial charge in [-0.05, 0) is 27.7 Å². The number of rotatable bonds is 2. The zero-order valence-corrected chi connectivity index (χ0v) is 8.55. The molecule has 0 radical (unpaired) electrons. The van der Waals surface area contributed by atoms with E-state index in [1.54, 1.807) is 0 Å². The van der Waals surface area contributed by atoms with E-state index in [1.165, 1.54) is 0 Å². The fourth-order valence-corrected chi connectivity index (χ4v) is 1.36. The highest BCUT2D eigenvalue weighted by molar-refractivity contribution is 5.94. The maximum atomic E-state index is 7.33. The third-order valence-electron chi connectivity index (χ3n) is 2.19. The smallest absolute Gasteiger partial charge is 0.144 e. The van der Waals surface area contributed by atoms with Crippen LogP contribution >= 0.6 is 0 Å². The van der Waals surface area contributed by atoms with Crippen LogP contribution in [0, 0.1) is 19.3 Å². The minimum atomic E-state index is 0.0417. The second kappa shape index (κ2) is 3.20. The second-order valence-electron chi connectivity index (χ2n) is 3.51. The Morgan fingerprint density at radius 2 is 2.00 bits per heavy atom. The van der Waals surface area contributed by atoms with Crippen LogP contribution in [0.25, 0.3) is 0 Å². The first kappa shape index (κ1) is 9.77. The Labute approximate surface area is 78.3 Å². The Bertz CT molecular complexity index is 336. The average molecular weight is 180 g/mol. The van der Waals surface area contributed by atoms with Crippen LogP contribution in [0.5, 0.6) is 0 Å². The maximum Gasteiger partial charge on any atom is 0.144 e. The zero-order chi connectivity index (χ0) is 10.2. The lowest BCUT2D eigenvalue weighted by Crippen LogP contribution is -2.14. The number of hydrogen-bond acceptors (Lipinski definition) is 2. The van der Waals surface area contributed by atoms with Crippen molar-refractivity contribution >= 4 is 5.84 Å². The van der Waals surface area contributed by atoms with E-state index >= 15 is 0 Å². The molecule has 0 aromatic carbocycles. The van der Waals surface area contributed by atoms with Gasteiger partial charge in [0.05, 0.1) is 0 Å². The molecule has 13 heavy (non-hydrogen) atoms. The second-order valence-corrected chi connectivity index (χ2v) is 3.51. The molecule has 3 N–H and O–H groups in total. The fraction of sp³-hybridized carbons (Fsp3) is 0.556. The van der Waals surface area contributed by atoms with Crippen molar-refractivity contribution in [2.75, 3.05) is 0 Å². The zero-order valence-electron chi connectivity index (χ0n) is 8.55. The maximum absolute atomic E-state index is 7.33. The van der Waals surface area contributed by atoms with Crippen LogP contribution in [0.3, 0.4) is 0 Å². The van der Waals surface area contributed by atoms with Crippen LogP contribution < -0.4 is 5.73 Å². The number of nitrogens with zero attached hydrogens (tertiary/aromatic N) is 2. The van der Waals surface area contributed by atoms with Gasteiger partial charge in [0, 0.05) is 17.3 Å². The van der Waals surface area contributed by atoms with Crippen molar-refractivity contribution < 1.29 is 0 Å². The molecule has 72 valence electrons. The van der Waals surface area contributed by atoms with E-state index in [4.69, 9.17) is 11.1 Å². The summed E-state index contributed by atoms with van der Waals surface area (Å²) in [6.07, 6.45) is 0. The van der Waals surface area contributed by atoms with Gasteiger partial charge in [-0.15, -0.1) is 0 Å². The van der Waals surface area contributed by atoms with Crippen molar-refractivity contribution in [3.63, 3.8) is 0 Å². The molecule has 1 aromatic heterocycles. The van der Waals surface area contributed by atoms with Gasteiger partial charge < -0.3 is 5.73 Å². The Morgan fingerprint density at radius 3 is 2.23 bits per heavy atom. The number of amidine groups is 1. The van der Waals surface area contributed by atoms with E-state index in [0.29, 0.717) is 11.7 Å². The van der Waals surface area contributed by atoms with Crippen molar-refractivity contribution in [1.29, 1.82) is 5.41 Å². The summed E-state index contributed by atoms with van der Waals surface area (Å²) in [5.41, 5.74) is 8.09. The van der Waals surface area contributed by atoms with Gasteiger partial charge in [-0.2, -0.15) is 5.10 Å². The van der Waals surface area contributed by atoms with Gasteiger partial charge in [0.1, 0.15) is 11.5 Å². The van der Waals surface area contributed by atoms with E-state index in [9.17, 15) is 0 Å². The van der Waals surface area contributed by atoms with Gasteiger partial charge in [0.25, 0.3) is 0 Å². The molecule has 0 amide bonds. The Balaban J connectivity index is 3.28. The van der Waals surface area contributed by atoms with Crippen LogP contribution in [0.15, 0.2) is 0 Å². The van der Waals surface area contributed by atoms with Gasteiger partial charge in [0.2, 0.25) is 0 Å². The van der Waals surface area contributed by atoms with Crippen LogP contribution in [-0.2, 0) is 0 Å². The monoisotopic (exact) mass is 180 g/mol. The minimum absolute atomic E-state index is 0.0417. The molecule has 0 spiro atoms. The standard InChI is InChI=1S/C9H16N4/c1-5(2)13-7(4)6(3)8(12-13)9(10)11/h5H,1-4H3,(H3,10,11). The molecule has 1 aromatic rings. The number of aromatic nitrogens is 2. The molecule has 4 heteroatoms. The molecule has 1 rings (SSSR count). The van der Waals surface area contributed by atoms with Crippen LogP contribution in [0.4, 0.5) is 0 Å². The van der Waals surface area contributed by atoms with Crippen LogP contribution in [0.2, 0.25) is 0 Å². The van der Waals surface area contributed by atoms with Crippen molar-refractivity contribution in [2.45, 2.75) is 33.7 Å². The Morgan fingerprint density at radius 1 is 1.46 bits per heavy atom. The van der Waals surface area contributed by atoms with Gasteiger partial charge in [-0.1, -0.05) is 0 Å². The van der Waals surface area contributed by atoms with Crippen molar-refractivity contribution in [1.82, 2.24) is 9.78 Å². The summed E-state index contributed by atoms with van der Waals surface area (Å²) in [4.78, 5) is 0. The summed E-state index contributed by atoms with van der Waals surface area (Å²) in [6.45, 7) is 8.05. The number of hydrogen-bond donors (Lipinski definition) is 2. The summed E-state index contributed by atoms with van der Waals surface area (Å²) >= 11 is 0. The number of nitrogens with one attached hydrogen (secondary N) is 1. The van der Waals surface area contributed by atoms with Gasteiger partial charge in [-0.3, -0.25) is 10.1 Å². The SMILES string of the molecule is Cc1c(C(=N)N)nn(C(C)C)c1C. The van der Waals surface area contributed by atoms with E-state index < -0.39 is 0 Å². The van der Waals surface area contributed by atoms with E-state index in [-0.39, 0.29) is 5.84 Å². The normalized spacial score (nSPS) is 10.8. The Kier molecular flexibility index (Phi) is 2.40. The molecule has 0 atom stereocenters. The highest BCUT2D eigenvalue weighted by Crippen LogP contribution is 2.15. The molecule has 0 aliphatic rings. The number of nitrogen functional groups attached to an aromatic ring is 1. The lowest BCUT2D eigenvalue weighted by Gasteiger charge is -2.07. The van der Waals surface area contributed by atoms with E-state index in [0.717, 1.165) is 11.3 Å². The predicted octanol–water partition coefficient (Wildman–Crippen LogP) is 1.36. The summed E-state index contributed by atoms with van der Waals surface area (Å²) in [6, 6.07) is 0.312. The lowest BCUT2D eigenvalue weighted by molar-refractivity contribution is 0.518. The summed E-state index contributed by atoms with van der Waals surface area (Å²) in [5, 5.41) is 11.6. The molecule has 0 saturated heterocycles. The van der Waals surface area contributed by atoms with Gasteiger partial charge in [-0.25, -0.2) is 0 Å². The largest absolute Gasteiger partial charge is 0.382 e. The summed E-state index contributed by atoms with van der Waals surface area (Å²) in [7, 11) is 0. The quantitative estimate of drug-likeness (QED) is 0.533. The molecule has 0 aliphatic heterocycles. The first-order valence-electron chi connectivity index (χ1n) is 4.35. The molecule has 0 unspecified atom stereocenters. The summed E-state index contributed by atoms with van der Waals surface area (Å²) < 4.78 is 1.89. The Hall–Kier alpha value is -1.32. The van der Waals surface area contributed by atoms with Gasteiger partial charge in [0.15, 0.2) is 0 Å². The van der Waals surface area contributed by atoms with Gasteiger partial charge >= 0.3 is 0 Å². The van der Waals surface area contributed by atoms with Crippen molar-refractivity contribution in [3.8, 4) is 0 Å². The third kappa shape index (κ3) is 1.56. The topological polar surface area (TPSA) is 67.7 Å². The average Bonchev–Trinajstić information content (AvgIpc) is 2.29. The third-order valence-corrected chi connectivity index (χ3v) is 2.19. The fourth-order valence-electron chi connectivity index (χ4n) is 1.36. The molecular weight excluding hydrogens is 164 g/mol. The minimum Gasteiger partial charge on any atom is -0.382 e. The van der Waals surface area contributed by atoms with Crippen molar-refractivity contribution in [3.05, 3.63) is 17.0 Å². The van der Waals surface area contributed by atoms with Crippen molar-refractivity contribution in [2.24, 2.45) is 5.73 Å². The van der Waals surface area contributed by atoms with E-state index in [1.807, 2.05) is 18.5 Å². The van der Waals surface area contributed by atoms with Crippen LogP contribution in [0.1, 0.15) is 36.8 Å². The molecule has 0 fully saturated rings. The van der Waals surface area contributed by atoms with E-state index in [2.05, 4.69) is 18.9 Å². The van der Waals surface area contributed by atoms with Crippen LogP contribution in [-0.4, -0.2) is 15.6 Å². The number of nitrogens with two attached hydrogens (primary N) is 1. The first-order chi connectivity index (χ1) is 5.95. The lowest BCUT2D eigenvalue weighted by atomic mass is 10.2.